The Labute approximate surface area is 108 Å². The van der Waals surface area contributed by atoms with Crippen LogP contribution in [-0.2, 0) is 4.79 Å². The minimum absolute atomic E-state index is 0.0152. The molecule has 1 aliphatic rings. The first-order chi connectivity index (χ1) is 8.58. The van der Waals surface area contributed by atoms with Gasteiger partial charge in [-0.15, -0.1) is 0 Å². The van der Waals surface area contributed by atoms with Crippen molar-refractivity contribution in [1.29, 1.82) is 0 Å². The summed E-state index contributed by atoms with van der Waals surface area (Å²) < 4.78 is 0. The Bertz CT molecular complexity index is 397. The lowest BCUT2D eigenvalue weighted by molar-refractivity contribution is -0.134. The van der Waals surface area contributed by atoms with Crippen molar-refractivity contribution in [2.75, 3.05) is 13.1 Å². The topological polar surface area (TPSA) is 58.4 Å². The highest BCUT2D eigenvalue weighted by Gasteiger charge is 2.28. The van der Waals surface area contributed by atoms with Crippen molar-refractivity contribution < 1.29 is 4.79 Å². The second-order valence-corrected chi connectivity index (χ2v) is 5.10. The highest BCUT2D eigenvalue weighted by Crippen LogP contribution is 2.15. The van der Waals surface area contributed by atoms with Gasteiger partial charge in [0, 0.05) is 25.2 Å². The Morgan fingerprint density at radius 2 is 1.83 bits per heavy atom. The van der Waals surface area contributed by atoms with Crippen LogP contribution in [-0.4, -0.2) is 36.0 Å². The first-order valence-electron chi connectivity index (χ1n) is 6.43. The van der Waals surface area contributed by atoms with Crippen molar-refractivity contribution in [3.63, 3.8) is 0 Å². The maximum Gasteiger partial charge on any atom is 0.244 e. The van der Waals surface area contributed by atoms with Crippen LogP contribution in [0.4, 0.5) is 0 Å². The van der Waals surface area contributed by atoms with Crippen molar-refractivity contribution in [2.45, 2.75) is 32.0 Å². The maximum atomic E-state index is 12.4. The molecule has 0 aliphatic carbocycles. The summed E-state index contributed by atoms with van der Waals surface area (Å²) in [5.41, 5.74) is 6.92. The van der Waals surface area contributed by atoms with Gasteiger partial charge in [0.1, 0.15) is 6.04 Å². The Balaban J connectivity index is 2.07. The Kier molecular flexibility index (Phi) is 3.99. The van der Waals surface area contributed by atoms with Gasteiger partial charge in [0.25, 0.3) is 0 Å². The van der Waals surface area contributed by atoms with Crippen LogP contribution >= 0.6 is 0 Å². The molecule has 0 spiro atoms. The number of nitrogens with zero attached hydrogens (tertiary/aromatic N) is 1. The molecule has 1 heterocycles. The van der Waals surface area contributed by atoms with Gasteiger partial charge in [-0.25, -0.2) is 0 Å². The van der Waals surface area contributed by atoms with Crippen molar-refractivity contribution in [3.8, 4) is 0 Å². The van der Waals surface area contributed by atoms with Gasteiger partial charge < -0.3 is 16.0 Å². The molecule has 4 heteroatoms. The number of rotatable bonds is 2. The Hall–Kier alpha value is -1.39. The minimum atomic E-state index is -0.552. The van der Waals surface area contributed by atoms with Crippen LogP contribution in [0.5, 0.6) is 0 Å². The van der Waals surface area contributed by atoms with E-state index in [-0.39, 0.29) is 5.91 Å². The molecule has 18 heavy (non-hydrogen) atoms. The van der Waals surface area contributed by atoms with Gasteiger partial charge in [-0.2, -0.15) is 0 Å². The van der Waals surface area contributed by atoms with E-state index in [2.05, 4.69) is 19.2 Å². The third kappa shape index (κ3) is 2.89. The molecule has 1 aromatic rings. The number of hydrogen-bond donors (Lipinski definition) is 2. The lowest BCUT2D eigenvalue weighted by atomic mass is 10.0. The predicted octanol–water partition coefficient (Wildman–Crippen LogP) is 0.895. The average Bonchev–Trinajstić information content (AvgIpc) is 2.37. The van der Waals surface area contributed by atoms with Gasteiger partial charge in [0.2, 0.25) is 5.91 Å². The van der Waals surface area contributed by atoms with Crippen molar-refractivity contribution in [1.82, 2.24) is 10.2 Å². The average molecular weight is 247 g/mol. The van der Waals surface area contributed by atoms with Crippen LogP contribution in [0.15, 0.2) is 30.3 Å². The summed E-state index contributed by atoms with van der Waals surface area (Å²) in [6.07, 6.45) is 0. The fourth-order valence-electron chi connectivity index (χ4n) is 2.51. The summed E-state index contributed by atoms with van der Waals surface area (Å²) in [6.45, 7) is 5.63. The third-order valence-corrected chi connectivity index (χ3v) is 3.29. The zero-order chi connectivity index (χ0) is 13.1. The SMILES string of the molecule is CC1CN(C(=O)C(N)c2ccccc2)CC(C)N1. The number of nitrogens with one attached hydrogen (secondary N) is 1. The van der Waals surface area contributed by atoms with Crippen LogP contribution in [0, 0.1) is 0 Å². The van der Waals surface area contributed by atoms with Gasteiger partial charge in [-0.3, -0.25) is 4.79 Å². The van der Waals surface area contributed by atoms with Crippen molar-refractivity contribution in [2.24, 2.45) is 5.73 Å². The van der Waals surface area contributed by atoms with Gasteiger partial charge in [0.15, 0.2) is 0 Å². The zero-order valence-electron chi connectivity index (χ0n) is 11.0. The van der Waals surface area contributed by atoms with Crippen LogP contribution in [0.2, 0.25) is 0 Å². The molecular weight excluding hydrogens is 226 g/mol. The zero-order valence-corrected chi connectivity index (χ0v) is 11.0. The van der Waals surface area contributed by atoms with E-state index in [1.165, 1.54) is 0 Å². The predicted molar refractivity (Wildman–Crippen MR) is 72.0 cm³/mol. The summed E-state index contributed by atoms with van der Waals surface area (Å²) in [4.78, 5) is 14.2. The fourth-order valence-corrected chi connectivity index (χ4v) is 2.51. The first kappa shape index (κ1) is 13.1. The molecule has 4 nitrogen and oxygen atoms in total. The van der Waals surface area contributed by atoms with E-state index in [4.69, 9.17) is 5.73 Å². The molecule has 0 aromatic heterocycles. The van der Waals surface area contributed by atoms with Gasteiger partial charge in [-0.1, -0.05) is 30.3 Å². The third-order valence-electron chi connectivity index (χ3n) is 3.29. The van der Waals surface area contributed by atoms with Crippen molar-refractivity contribution >= 4 is 5.91 Å². The van der Waals surface area contributed by atoms with E-state index in [0.29, 0.717) is 12.1 Å². The molecule has 1 fully saturated rings. The summed E-state index contributed by atoms with van der Waals surface area (Å²) in [5, 5.41) is 3.41. The number of benzene rings is 1. The van der Waals surface area contributed by atoms with Gasteiger partial charge in [0.05, 0.1) is 0 Å². The smallest absolute Gasteiger partial charge is 0.244 e. The van der Waals surface area contributed by atoms with Gasteiger partial charge in [-0.05, 0) is 19.4 Å². The molecule has 0 saturated carbocycles. The molecule has 0 bridgehead atoms. The van der Waals surface area contributed by atoms with Gasteiger partial charge >= 0.3 is 0 Å². The lowest BCUT2D eigenvalue weighted by Gasteiger charge is -2.37. The minimum Gasteiger partial charge on any atom is -0.338 e. The highest BCUT2D eigenvalue weighted by atomic mass is 16.2. The van der Waals surface area contributed by atoms with E-state index in [0.717, 1.165) is 18.7 Å². The number of amides is 1. The highest BCUT2D eigenvalue weighted by molar-refractivity contribution is 5.83. The number of piperazine rings is 1. The molecular formula is C14H21N3O. The molecule has 1 aliphatic heterocycles. The van der Waals surface area contributed by atoms with Crippen LogP contribution in [0.1, 0.15) is 25.5 Å². The summed E-state index contributed by atoms with van der Waals surface area (Å²) in [6, 6.07) is 9.63. The molecule has 1 saturated heterocycles. The molecule has 1 amide bonds. The molecule has 0 radical (unpaired) electrons. The summed E-state index contributed by atoms with van der Waals surface area (Å²) in [7, 11) is 0. The standard InChI is InChI=1S/C14H21N3O/c1-10-8-17(9-11(2)16-10)14(18)13(15)12-6-4-3-5-7-12/h3-7,10-11,13,16H,8-9,15H2,1-2H3. The summed E-state index contributed by atoms with van der Waals surface area (Å²) >= 11 is 0. The van der Waals surface area contributed by atoms with E-state index >= 15 is 0 Å². The molecule has 98 valence electrons. The maximum absolute atomic E-state index is 12.4. The van der Waals surface area contributed by atoms with Crippen molar-refractivity contribution in [3.05, 3.63) is 35.9 Å². The van der Waals surface area contributed by atoms with E-state index < -0.39 is 6.04 Å². The quantitative estimate of drug-likeness (QED) is 0.816. The lowest BCUT2D eigenvalue weighted by Crippen LogP contribution is -2.57. The second kappa shape index (κ2) is 5.50. The number of nitrogens with two attached hydrogens (primary N) is 1. The Morgan fingerprint density at radius 3 is 2.39 bits per heavy atom. The molecule has 2 rings (SSSR count). The normalized spacial score (nSPS) is 25.8. The number of carbonyl (C=O) groups excluding carboxylic acids is 1. The van der Waals surface area contributed by atoms with Crippen LogP contribution in [0.25, 0.3) is 0 Å². The van der Waals surface area contributed by atoms with E-state index in [1.807, 2.05) is 35.2 Å². The number of hydrogen-bond acceptors (Lipinski definition) is 3. The number of carbonyl (C=O) groups is 1. The monoisotopic (exact) mass is 247 g/mol. The second-order valence-electron chi connectivity index (χ2n) is 5.10. The fraction of sp³-hybridized carbons (Fsp3) is 0.500. The van der Waals surface area contributed by atoms with Crippen LogP contribution < -0.4 is 11.1 Å². The Morgan fingerprint density at radius 1 is 1.28 bits per heavy atom. The van der Waals surface area contributed by atoms with Crippen LogP contribution in [0.3, 0.4) is 0 Å². The molecule has 3 N–H and O–H groups in total. The summed E-state index contributed by atoms with van der Waals surface area (Å²) in [5.74, 6) is 0.0152. The van der Waals surface area contributed by atoms with E-state index in [1.54, 1.807) is 0 Å². The molecule has 3 unspecified atom stereocenters. The first-order valence-corrected chi connectivity index (χ1v) is 6.43. The molecule has 3 atom stereocenters. The molecule has 1 aromatic carbocycles. The van der Waals surface area contributed by atoms with E-state index in [9.17, 15) is 4.79 Å². The largest absolute Gasteiger partial charge is 0.338 e.